The molecule has 35 nitrogen and oxygen atoms in total. The van der Waals surface area contributed by atoms with Gasteiger partial charge in [0.25, 0.3) is 27.8 Å². The molecule has 0 unspecified atom stereocenters. The third-order valence-electron chi connectivity index (χ3n) is 25.7. The summed E-state index contributed by atoms with van der Waals surface area (Å²) in [5.41, 5.74) is 19.7. The Kier molecular flexibility index (Phi) is 29.8. The van der Waals surface area contributed by atoms with Gasteiger partial charge in [-0.3, -0.25) is 51.0 Å². The number of pyridine rings is 6. The molecule has 7 N–H and O–H groups in total. The molecule has 19 heterocycles. The van der Waals surface area contributed by atoms with E-state index in [2.05, 4.69) is 107 Å². The second kappa shape index (κ2) is 43.1. The smallest absolute Gasteiger partial charge is 0.258 e. The third-order valence-corrected chi connectivity index (χ3v) is 26.4. The lowest BCUT2D eigenvalue weighted by atomic mass is 10.1. The van der Waals surface area contributed by atoms with Crippen molar-refractivity contribution >= 4 is 85.3 Å². The van der Waals surface area contributed by atoms with E-state index in [0.717, 1.165) is 217 Å². The number of hydrogen-bond acceptors (Lipinski definition) is 27. The molecule has 0 aliphatic carbocycles. The number of nitrogens with two attached hydrogens (primary N) is 1. The number of rotatable bonds is 14. The van der Waals surface area contributed by atoms with Crippen molar-refractivity contribution in [2.75, 3.05) is 197 Å². The Hall–Kier alpha value is -14.7. The van der Waals surface area contributed by atoms with Crippen LogP contribution in [0, 0.1) is 32.4 Å². The van der Waals surface area contributed by atoms with E-state index in [1.165, 1.54) is 55.3 Å². The Morgan fingerprint density at radius 3 is 1.14 bits per heavy atom. The molecule has 140 heavy (non-hydrogen) atoms. The number of aromatic nitrogens is 15. The minimum Gasteiger partial charge on any atom is -0.494 e. The summed E-state index contributed by atoms with van der Waals surface area (Å²) in [5.74, 6) is -0.0667. The van der Waals surface area contributed by atoms with E-state index >= 15 is 0 Å². The molecule has 5 aliphatic rings. The lowest BCUT2D eigenvalue weighted by molar-refractivity contribution is -0.825. The number of methoxy groups -OCH3 is 2. The normalized spacial score (nSPS) is 15.2. The van der Waals surface area contributed by atoms with Crippen LogP contribution in [0.5, 0.6) is 11.5 Å². The lowest BCUT2D eigenvalue weighted by Crippen LogP contribution is -2.73. The number of imidazole rings is 1. The zero-order valence-corrected chi connectivity index (χ0v) is 80.4. The monoisotopic (exact) mass is 1920 g/mol. The molecule has 0 spiro atoms. The van der Waals surface area contributed by atoms with Crippen molar-refractivity contribution in [3.63, 3.8) is 0 Å². The molecule has 724 valence electrons. The van der Waals surface area contributed by atoms with Gasteiger partial charge >= 0.3 is 0 Å². The van der Waals surface area contributed by atoms with Gasteiger partial charge in [-0.25, -0.2) is 48.4 Å². The number of hydrogen-bond donors (Lipinski definition) is 4. The highest BCUT2D eigenvalue weighted by Crippen LogP contribution is 2.32. The van der Waals surface area contributed by atoms with Gasteiger partial charge in [0.1, 0.15) is 45.4 Å². The first-order valence-electron chi connectivity index (χ1n) is 46.5. The predicted molar refractivity (Wildman–Crippen MR) is 544 cm³/mol. The van der Waals surface area contributed by atoms with E-state index < -0.39 is 5.82 Å². The van der Waals surface area contributed by atoms with Crippen LogP contribution < -0.4 is 77.9 Å². The number of nitrogens with one attached hydrogen (secondary N) is 2. The van der Waals surface area contributed by atoms with E-state index in [0.29, 0.717) is 89.9 Å². The summed E-state index contributed by atoms with van der Waals surface area (Å²) in [6.45, 7) is 25.2. The SMILES string of the molecule is COc1ccc(-c2cc(=O)n3cc(N4CCCN(C)CC4)ccc3n2)cc1F.COc1ccc(-c2cc(=O)n3cc(N4CCNCC4)ccc3n2)cc1[NH2+]O.CSc1ccc(-c2cc(=O)n3cc(N4CCNCC4)ccc3n2)cc1F.Cc1cn2cc(-c3cc(=O)n4cc(N5CCCN(C)CC5)ccc4n3)ccc2n1.Cc1cn2nc(-c3cc(=O)n4cc(N5CCN(C)CC5)ccc4n3)cc2c(C)n1.O. The molecule has 0 radical (unpaired) electrons. The summed E-state index contributed by atoms with van der Waals surface area (Å²) in [6.07, 6.45) is 19.2. The Bertz CT molecular complexity index is 7740. The first-order valence-corrected chi connectivity index (χ1v) is 47.7. The topological polar surface area (TPSA) is 356 Å². The molecule has 3 aromatic carbocycles. The van der Waals surface area contributed by atoms with Crippen LogP contribution in [-0.2, 0) is 0 Å². The molecule has 22 rings (SSSR count). The number of aryl methyl sites for hydroxylation is 3. The summed E-state index contributed by atoms with van der Waals surface area (Å²) in [4.78, 5) is 115. The maximum absolute atomic E-state index is 14.1. The van der Waals surface area contributed by atoms with Crippen LogP contribution in [-0.4, -0.2) is 269 Å². The molecular weight excluding hydrogens is 1800 g/mol. The summed E-state index contributed by atoms with van der Waals surface area (Å²) in [6, 6.07) is 47.7. The number of thioether (sulfide) groups is 1. The van der Waals surface area contributed by atoms with E-state index in [4.69, 9.17) is 19.4 Å². The number of halogens is 2. The average Bonchev–Trinajstić information content (AvgIpc) is 1.68. The summed E-state index contributed by atoms with van der Waals surface area (Å²) < 4.78 is 49.9. The molecule has 5 fully saturated rings. The molecule has 0 bridgehead atoms. The third kappa shape index (κ3) is 21.9. The number of anilines is 5. The number of benzene rings is 3. The quantitative estimate of drug-likeness (QED) is 0.0448. The van der Waals surface area contributed by atoms with Gasteiger partial charge in [0.2, 0.25) is 5.69 Å². The number of ether oxygens (including phenoxy) is 2. The molecule has 0 saturated carbocycles. The lowest BCUT2D eigenvalue weighted by Gasteiger charge is -2.34. The molecule has 5 saturated heterocycles. The molecule has 38 heteroatoms. The Labute approximate surface area is 808 Å². The first kappa shape index (κ1) is 96.9. The van der Waals surface area contributed by atoms with Crippen molar-refractivity contribution < 1.29 is 34.4 Å². The fourth-order valence-corrected chi connectivity index (χ4v) is 18.4. The van der Waals surface area contributed by atoms with Crippen molar-refractivity contribution in [2.24, 2.45) is 0 Å². The maximum Gasteiger partial charge on any atom is 0.258 e. The van der Waals surface area contributed by atoms with Gasteiger partial charge < -0.3 is 69.2 Å². The van der Waals surface area contributed by atoms with Crippen molar-refractivity contribution in [1.29, 1.82) is 0 Å². The van der Waals surface area contributed by atoms with Crippen LogP contribution in [0.3, 0.4) is 0 Å². The van der Waals surface area contributed by atoms with Crippen LogP contribution in [0.2, 0.25) is 0 Å². The zero-order chi connectivity index (χ0) is 96.6. The van der Waals surface area contributed by atoms with E-state index in [1.54, 1.807) is 76.1 Å². The first-order chi connectivity index (χ1) is 67.4. The van der Waals surface area contributed by atoms with Crippen LogP contribution in [0.25, 0.3) is 95.8 Å². The van der Waals surface area contributed by atoms with Crippen molar-refractivity contribution in [1.82, 2.24) is 96.2 Å². The summed E-state index contributed by atoms with van der Waals surface area (Å²) in [5, 5.41) is 20.6. The van der Waals surface area contributed by atoms with Crippen LogP contribution in [0.15, 0.2) is 242 Å². The standard InChI is InChI=1S/C22H24N6O.C21H23FN4O2.C21H23N7O.C19H19FN4OS.C19H21N5O3.H2O/c1-16-13-27-14-17(4-6-20(27)23-16)19-12-22(29)28-15-18(5-7-21(28)24-19)26-9-3-8-25(2)10-11-26;1-24-8-3-9-25(11-10-24)16-5-7-20-23-18(13-21(27)26(20)14-16)15-4-6-19(28-2)17(22)12-15;1-14-12-28-19(15(2)22-14)10-18(24-28)17-11-21(29)27-13-16(4-5-20(27)23-17)26-8-6-25(3)7-9-26;1-26-17-4-2-13(10-15(17)20)16-11-19(25)24-12-14(3-5-18(24)22-16)23-8-6-21-7-9-23;1-27-17-4-2-13(10-16(17)22-26)15-11-19(25)24-12-14(3-5-18(24)21-15)23-8-6-20-7-9-23;/h4-7,12-15H,3,8-11H2,1-2H3;4-7,12-14H,3,8-11H2,1-2H3;4-5,10-13H,6-9H2,1-3H3;2-5,10-12,21H,6-9H2,1H3;2-5,10-12,20,22,26H,6-9H2,1H3;1H2/p+1. The number of quaternary nitrogens is 1. The number of piperazine rings is 3. The predicted octanol–water partition coefficient (Wildman–Crippen LogP) is 9.05. The fraction of sp³-hybridized carbons (Fsp3) is 0.304. The second-order valence-electron chi connectivity index (χ2n) is 35.2. The average molecular weight is 1920 g/mol. The van der Waals surface area contributed by atoms with Gasteiger partial charge in [-0.15, -0.1) is 11.8 Å². The van der Waals surface area contributed by atoms with Crippen molar-refractivity contribution in [3.05, 3.63) is 294 Å². The second-order valence-corrected chi connectivity index (χ2v) is 36.1. The van der Waals surface area contributed by atoms with Gasteiger partial charge in [0.15, 0.2) is 17.3 Å². The molecule has 14 aromatic heterocycles. The number of fused-ring (bicyclic) bond motifs is 7. The van der Waals surface area contributed by atoms with Gasteiger partial charge in [-0.2, -0.15) is 10.6 Å². The minimum atomic E-state index is -0.483. The highest BCUT2D eigenvalue weighted by atomic mass is 32.2. The molecular formula is C102H113F2N26O9S+. The van der Waals surface area contributed by atoms with Gasteiger partial charge in [-0.1, -0.05) is 6.07 Å². The van der Waals surface area contributed by atoms with Crippen LogP contribution in [0.1, 0.15) is 29.9 Å². The summed E-state index contributed by atoms with van der Waals surface area (Å²) in [7, 11) is 9.37. The molecule has 0 atom stereocenters. The van der Waals surface area contributed by atoms with E-state index in [-0.39, 0.29) is 44.8 Å². The highest BCUT2D eigenvalue weighted by Gasteiger charge is 2.24. The minimum absolute atomic E-state index is 0. The zero-order valence-electron chi connectivity index (χ0n) is 79.6. The number of nitrogens with zero attached hydrogens (tertiary/aromatic N) is 23. The Balaban J connectivity index is 0.000000121. The maximum atomic E-state index is 14.1. The fourth-order valence-electron chi connectivity index (χ4n) is 18.0. The molecule has 5 aliphatic heterocycles. The van der Waals surface area contributed by atoms with Crippen LogP contribution >= 0.6 is 11.8 Å². The number of likely N-dealkylation sites (N-methyl/N-ethyl adjacent to an activating group) is 3. The van der Waals surface area contributed by atoms with Gasteiger partial charge in [0, 0.05) is 225 Å². The molecule has 0 amide bonds. The molecule has 17 aromatic rings. The van der Waals surface area contributed by atoms with E-state index in [1.807, 2.05) is 160 Å². The van der Waals surface area contributed by atoms with Crippen molar-refractivity contribution in [2.45, 2.75) is 38.5 Å². The van der Waals surface area contributed by atoms with Gasteiger partial charge in [0.05, 0.1) is 99.9 Å². The Morgan fingerprint density at radius 1 is 0.357 bits per heavy atom. The largest absolute Gasteiger partial charge is 0.494 e. The van der Waals surface area contributed by atoms with Crippen molar-refractivity contribution in [3.8, 4) is 67.9 Å². The summed E-state index contributed by atoms with van der Waals surface area (Å²) >= 11 is 1.35. The van der Waals surface area contributed by atoms with Gasteiger partial charge in [-0.05, 0) is 195 Å². The van der Waals surface area contributed by atoms with Crippen LogP contribution in [0.4, 0.5) is 42.9 Å². The van der Waals surface area contributed by atoms with E-state index in [9.17, 15) is 38.0 Å². The Morgan fingerprint density at radius 2 is 0.721 bits per heavy atom. The highest BCUT2D eigenvalue weighted by molar-refractivity contribution is 7.98.